The lowest BCUT2D eigenvalue weighted by Gasteiger charge is -2.37. The normalized spacial score (nSPS) is 29.0. The molecule has 10 atom stereocenters. The molecule has 2 aliphatic carbocycles. The first-order chi connectivity index (χ1) is 44.4. The molecule has 8 heterocycles. The second-order valence-electron chi connectivity index (χ2n) is 28.0. The van der Waals surface area contributed by atoms with E-state index in [-0.39, 0.29) is 53.7 Å². The molecule has 6 fully saturated rings. The number of likely N-dealkylation sites (tertiary alicyclic amines) is 3. The van der Waals surface area contributed by atoms with Crippen molar-refractivity contribution in [1.29, 1.82) is 0 Å². The number of hydrogen-bond donors (Lipinski definition) is 2. The third-order valence-corrected chi connectivity index (χ3v) is 24.1. The van der Waals surface area contributed by atoms with Crippen molar-refractivity contribution in [2.45, 2.75) is 191 Å². The number of benzene rings is 4. The highest BCUT2D eigenvalue weighted by molar-refractivity contribution is 8.18. The summed E-state index contributed by atoms with van der Waals surface area (Å²) in [6, 6.07) is 32.3. The number of aliphatic carboxylic acids is 1. The zero-order valence-corrected chi connectivity index (χ0v) is 59.7. The molecule has 0 aromatic heterocycles. The number of likely N-dealkylation sites (N-methyl/N-ethyl adjacent to an activating group) is 2. The number of halogens is 4. The summed E-state index contributed by atoms with van der Waals surface area (Å²) in [7, 11) is 4.47. The van der Waals surface area contributed by atoms with E-state index in [9.17, 15) is 24.3 Å². The molecular formula is C72H88Cl4N10O5S2. The molecule has 21 heteroatoms. The Morgan fingerprint density at radius 2 is 0.946 bits per heavy atom. The molecule has 15 nitrogen and oxygen atoms in total. The van der Waals surface area contributed by atoms with E-state index in [1.807, 2.05) is 102 Å². The number of thioether (sulfide) groups is 2. The number of carbonyl (C=O) groups excluding carboxylic acids is 3. The summed E-state index contributed by atoms with van der Waals surface area (Å²) in [5.74, 6) is -1.09. The van der Waals surface area contributed by atoms with Gasteiger partial charge in [0.1, 0.15) is 33.0 Å². The highest BCUT2D eigenvalue weighted by Gasteiger charge is 2.57. The first-order valence-electron chi connectivity index (χ1n) is 33.3. The SMILES string of the molecule is CC(C)C1=C(C(=O)N2[C@H](C)CC[C@H]2C(=O)N2CC[C@H](N(C)C3CC3)C2)SC2=N[C@@](C)(c3ccc(Cl)cc3)[C@@H](c3ccc(Cl)cc3)N21.CC(C)C1=C(C(=O)N2[C@H](C)CC[C@H]2C(=O)O)SC2=N[C@@](C)(c3ccc(Cl)cc3)[C@@H](c3ccc(Cl)cc3)N21.CN(C1CC1)[C@H]1CCNC1. The van der Waals surface area contributed by atoms with Gasteiger partial charge in [0.25, 0.3) is 11.8 Å². The summed E-state index contributed by atoms with van der Waals surface area (Å²) >= 11 is 27.9. The van der Waals surface area contributed by atoms with Crippen molar-refractivity contribution in [2.75, 3.05) is 40.3 Å². The lowest BCUT2D eigenvalue weighted by atomic mass is 9.81. The van der Waals surface area contributed by atoms with Gasteiger partial charge in [0.05, 0.1) is 12.1 Å². The van der Waals surface area contributed by atoms with Crippen molar-refractivity contribution in [1.82, 2.24) is 39.6 Å². The highest BCUT2D eigenvalue weighted by atomic mass is 35.5. The van der Waals surface area contributed by atoms with E-state index in [2.05, 4.69) is 99.6 Å². The molecular weight excluding hydrogens is 1290 g/mol. The van der Waals surface area contributed by atoms with Crippen molar-refractivity contribution >= 4 is 104 Å². The van der Waals surface area contributed by atoms with Crippen LogP contribution >= 0.6 is 69.9 Å². The number of hydrogen-bond acceptors (Lipinski definition) is 13. The lowest BCUT2D eigenvalue weighted by Crippen LogP contribution is -2.50. The maximum Gasteiger partial charge on any atom is 0.326 e. The van der Waals surface area contributed by atoms with Gasteiger partial charge in [-0.15, -0.1) is 0 Å². The molecule has 8 aliphatic heterocycles. The van der Waals surface area contributed by atoms with Crippen LogP contribution in [0, 0.1) is 11.8 Å². The van der Waals surface area contributed by atoms with Gasteiger partial charge < -0.3 is 34.9 Å². The summed E-state index contributed by atoms with van der Waals surface area (Å²) in [5, 5.41) is 17.4. The molecule has 4 aromatic carbocycles. The molecule has 4 saturated heterocycles. The molecule has 3 amide bonds. The van der Waals surface area contributed by atoms with E-state index < -0.39 is 29.1 Å². The number of amides is 3. The number of rotatable bonds is 14. The van der Waals surface area contributed by atoms with Crippen LogP contribution in [0.15, 0.2) is 128 Å². The molecule has 93 heavy (non-hydrogen) atoms. The van der Waals surface area contributed by atoms with Gasteiger partial charge in [-0.25, -0.2) is 14.8 Å². The van der Waals surface area contributed by atoms with E-state index in [0.29, 0.717) is 61.2 Å². The Bertz CT molecular complexity index is 3620. The molecule has 10 aliphatic rings. The number of nitrogens with zero attached hydrogens (tertiary/aromatic N) is 9. The van der Waals surface area contributed by atoms with Gasteiger partial charge in [0, 0.05) is 87.4 Å². The van der Waals surface area contributed by atoms with Crippen LogP contribution in [0.2, 0.25) is 20.1 Å². The average Bonchev–Trinajstić information content (AvgIpc) is 1.56. The van der Waals surface area contributed by atoms with Crippen LogP contribution < -0.4 is 5.32 Å². The van der Waals surface area contributed by atoms with E-state index in [1.54, 1.807) is 4.90 Å². The third-order valence-electron chi connectivity index (χ3n) is 21.0. The van der Waals surface area contributed by atoms with Gasteiger partial charge in [0.15, 0.2) is 10.3 Å². The standard InChI is InChI=1S/C36H43Cl2N5O2S.C28H29Cl2N3O3S.C8H16N2/c1-21(2)30-31(34(45)42-22(3)6-17-29(42)33(44)41-19-18-28(20-41)40(5)27-15-16-27)46-35-39-36(4,24-9-13-26(38)14-10-24)32(43(30)35)23-7-11-25(37)12-8-23;1-15(2)22-23(25(34)32-16(3)5-14-21(32)26(35)36)37-27-31-28(4,18-8-12-20(30)13-9-18)24(33(22)27)17-6-10-19(29)11-7-17;1-10(7-2-3-7)8-4-5-9-6-8/h7-14,21-22,27-29,32H,6,15-20H2,1-5H3;6-13,15-16,21,24H,5,14H2,1-4H3,(H,35,36);7-9H,2-6H2,1H3/t22-,28+,29+,32-,36+;16-,21+,24-,28+;8-/m110/s1. The van der Waals surface area contributed by atoms with Gasteiger partial charge in [-0.05, 0) is 219 Å². The van der Waals surface area contributed by atoms with Crippen molar-refractivity contribution in [3.63, 3.8) is 0 Å². The van der Waals surface area contributed by atoms with Crippen molar-refractivity contribution in [3.8, 4) is 0 Å². The van der Waals surface area contributed by atoms with Crippen LogP contribution in [-0.4, -0.2) is 162 Å². The molecule has 2 saturated carbocycles. The molecule has 0 bridgehead atoms. The van der Waals surface area contributed by atoms with Crippen molar-refractivity contribution in [2.24, 2.45) is 21.8 Å². The van der Waals surface area contributed by atoms with Gasteiger partial charge in [-0.3, -0.25) is 24.2 Å². The number of aliphatic imine (C=N–C) groups is 2. The van der Waals surface area contributed by atoms with Crippen molar-refractivity contribution < 1.29 is 24.3 Å². The second kappa shape index (κ2) is 27.4. The van der Waals surface area contributed by atoms with E-state index in [4.69, 9.17) is 56.4 Å². The Hall–Kier alpha value is -5.08. The molecule has 2 N–H and O–H groups in total. The number of nitrogens with one attached hydrogen (secondary N) is 1. The molecule has 0 radical (unpaired) electrons. The fraction of sp³-hybridized carbons (Fsp3) is 0.528. The number of carboxylic acid groups (broad SMARTS) is 1. The number of fused-ring (bicyclic) bond motifs is 2. The number of carbonyl (C=O) groups is 4. The van der Waals surface area contributed by atoms with Crippen LogP contribution in [0.3, 0.4) is 0 Å². The number of allylic oxidation sites excluding steroid dienone is 2. The third kappa shape index (κ3) is 13.3. The summed E-state index contributed by atoms with van der Waals surface area (Å²) in [6.45, 7) is 20.6. The minimum absolute atomic E-state index is 0.00250. The Morgan fingerprint density at radius 1 is 0.548 bits per heavy atom. The Balaban J connectivity index is 0.000000158. The number of amidine groups is 2. The summed E-state index contributed by atoms with van der Waals surface area (Å²) < 4.78 is 0. The zero-order valence-electron chi connectivity index (χ0n) is 55.0. The predicted molar refractivity (Wildman–Crippen MR) is 378 cm³/mol. The fourth-order valence-corrected chi connectivity index (χ4v) is 18.7. The monoisotopic (exact) mass is 1380 g/mol. The lowest BCUT2D eigenvalue weighted by molar-refractivity contribution is -0.147. The van der Waals surface area contributed by atoms with Crippen LogP contribution in [0.5, 0.6) is 0 Å². The molecule has 496 valence electrons. The summed E-state index contributed by atoms with van der Waals surface area (Å²) in [5.41, 5.74) is 4.69. The van der Waals surface area contributed by atoms with Gasteiger partial charge in [0.2, 0.25) is 5.91 Å². The van der Waals surface area contributed by atoms with Crippen LogP contribution in [0.25, 0.3) is 0 Å². The van der Waals surface area contributed by atoms with Gasteiger partial charge in [-0.2, -0.15) is 0 Å². The fourth-order valence-electron chi connectivity index (χ4n) is 15.5. The van der Waals surface area contributed by atoms with E-state index in [1.165, 1.54) is 68.7 Å². The molecule has 14 rings (SSSR count). The average molecular weight is 1380 g/mol. The van der Waals surface area contributed by atoms with Gasteiger partial charge >= 0.3 is 5.97 Å². The highest BCUT2D eigenvalue weighted by Crippen LogP contribution is 2.59. The smallest absolute Gasteiger partial charge is 0.326 e. The predicted octanol–water partition coefficient (Wildman–Crippen LogP) is 14.5. The maximum absolute atomic E-state index is 14.7. The maximum atomic E-state index is 14.7. The summed E-state index contributed by atoms with van der Waals surface area (Å²) in [6.07, 6.45) is 10.4. The van der Waals surface area contributed by atoms with Crippen molar-refractivity contribution in [3.05, 3.63) is 161 Å². The minimum Gasteiger partial charge on any atom is -0.480 e. The molecule has 0 unspecified atom stereocenters. The topological polar surface area (TPSA) is 148 Å². The Labute approximate surface area is 577 Å². The van der Waals surface area contributed by atoms with Crippen LogP contribution in [-0.2, 0) is 30.3 Å². The quantitative estimate of drug-likeness (QED) is 0.124. The van der Waals surface area contributed by atoms with Gasteiger partial charge in [-0.1, -0.05) is 123 Å². The molecule has 4 aromatic rings. The Morgan fingerprint density at radius 3 is 1.33 bits per heavy atom. The van der Waals surface area contributed by atoms with Crippen LogP contribution in [0.4, 0.5) is 0 Å². The molecule has 0 spiro atoms. The van der Waals surface area contributed by atoms with E-state index >= 15 is 0 Å². The van der Waals surface area contributed by atoms with Crippen LogP contribution in [0.1, 0.15) is 154 Å². The minimum atomic E-state index is -0.959. The number of carboxylic acids is 1. The first kappa shape index (κ1) is 67.9. The zero-order chi connectivity index (χ0) is 66.1. The summed E-state index contributed by atoms with van der Waals surface area (Å²) in [4.78, 5) is 81.4. The Kier molecular flexibility index (Phi) is 20.0. The second-order valence-corrected chi connectivity index (χ2v) is 31.7. The van der Waals surface area contributed by atoms with E-state index in [0.717, 1.165) is 82.0 Å². The first-order valence-corrected chi connectivity index (χ1v) is 36.5. The largest absolute Gasteiger partial charge is 0.480 e.